The number of nitrogens with one attached hydrogen (secondary N) is 1. The molecule has 0 aliphatic carbocycles. The van der Waals surface area contributed by atoms with E-state index in [0.717, 1.165) is 34.1 Å². The first-order valence-electron chi connectivity index (χ1n) is 7.21. The van der Waals surface area contributed by atoms with Gasteiger partial charge >= 0.3 is 0 Å². The summed E-state index contributed by atoms with van der Waals surface area (Å²) >= 11 is 0. The molecular weight excluding hydrogens is 246 g/mol. The molecule has 106 valence electrons. The van der Waals surface area contributed by atoms with Gasteiger partial charge in [0, 0.05) is 16.6 Å². The number of rotatable bonds is 3. The van der Waals surface area contributed by atoms with Crippen molar-refractivity contribution >= 4 is 17.0 Å². The number of pyridine rings is 1. The maximum Gasteiger partial charge on any atom is 0.192 e. The Bertz CT molecular complexity index is 720. The van der Waals surface area contributed by atoms with Gasteiger partial charge in [-0.2, -0.15) is 0 Å². The second-order valence-corrected chi connectivity index (χ2v) is 5.95. The minimum atomic E-state index is 0.131. The SMILES string of the molecule is Cc1ccc2c(=O)c(C)c(/C=C\CC(C)C)[nH]c2c1C. The van der Waals surface area contributed by atoms with E-state index in [2.05, 4.69) is 38.8 Å². The van der Waals surface area contributed by atoms with Gasteiger partial charge in [0.05, 0.1) is 5.52 Å². The third-order valence-corrected chi connectivity index (χ3v) is 3.88. The van der Waals surface area contributed by atoms with E-state index in [-0.39, 0.29) is 5.43 Å². The van der Waals surface area contributed by atoms with E-state index in [1.807, 2.05) is 25.1 Å². The van der Waals surface area contributed by atoms with Crippen LogP contribution in [-0.4, -0.2) is 4.98 Å². The van der Waals surface area contributed by atoms with Gasteiger partial charge in [0.25, 0.3) is 0 Å². The first-order chi connectivity index (χ1) is 9.41. The lowest BCUT2D eigenvalue weighted by atomic mass is 10.0. The molecule has 0 saturated heterocycles. The van der Waals surface area contributed by atoms with Gasteiger partial charge in [0.15, 0.2) is 5.43 Å². The Morgan fingerprint density at radius 3 is 2.50 bits per heavy atom. The number of allylic oxidation sites excluding steroid dienone is 1. The molecule has 1 aromatic heterocycles. The lowest BCUT2D eigenvalue weighted by molar-refractivity contribution is 0.665. The fourth-order valence-corrected chi connectivity index (χ4v) is 2.34. The van der Waals surface area contributed by atoms with E-state index in [0.29, 0.717) is 5.92 Å². The summed E-state index contributed by atoms with van der Waals surface area (Å²) in [6.07, 6.45) is 5.20. The van der Waals surface area contributed by atoms with Crippen LogP contribution < -0.4 is 5.43 Å². The Morgan fingerprint density at radius 1 is 1.15 bits per heavy atom. The zero-order valence-electron chi connectivity index (χ0n) is 13.0. The van der Waals surface area contributed by atoms with Crippen molar-refractivity contribution in [1.82, 2.24) is 4.98 Å². The van der Waals surface area contributed by atoms with Crippen LogP contribution in [0.25, 0.3) is 17.0 Å². The second-order valence-electron chi connectivity index (χ2n) is 5.95. The van der Waals surface area contributed by atoms with Crippen molar-refractivity contribution < 1.29 is 0 Å². The van der Waals surface area contributed by atoms with Crippen molar-refractivity contribution in [2.45, 2.75) is 41.0 Å². The van der Waals surface area contributed by atoms with E-state index >= 15 is 0 Å². The molecule has 0 unspecified atom stereocenters. The van der Waals surface area contributed by atoms with Crippen LogP contribution in [0.1, 0.15) is 42.7 Å². The number of benzene rings is 1. The summed E-state index contributed by atoms with van der Waals surface area (Å²) in [4.78, 5) is 15.9. The summed E-state index contributed by atoms with van der Waals surface area (Å²) in [7, 11) is 0. The largest absolute Gasteiger partial charge is 0.354 e. The predicted octanol–water partition coefficient (Wildman–Crippen LogP) is 4.51. The van der Waals surface area contributed by atoms with E-state index < -0.39 is 0 Å². The van der Waals surface area contributed by atoms with E-state index in [4.69, 9.17) is 0 Å². The summed E-state index contributed by atoms with van der Waals surface area (Å²) in [5, 5.41) is 0.784. The summed E-state index contributed by atoms with van der Waals surface area (Å²) in [5.41, 5.74) is 5.17. The molecule has 1 N–H and O–H groups in total. The minimum absolute atomic E-state index is 0.131. The molecule has 20 heavy (non-hydrogen) atoms. The Morgan fingerprint density at radius 2 is 1.85 bits per heavy atom. The summed E-state index contributed by atoms with van der Waals surface area (Å²) in [6, 6.07) is 3.94. The predicted molar refractivity (Wildman–Crippen MR) is 87.3 cm³/mol. The number of hydrogen-bond donors (Lipinski definition) is 1. The average Bonchev–Trinajstić information content (AvgIpc) is 2.39. The number of H-pyrrole nitrogens is 1. The smallest absolute Gasteiger partial charge is 0.192 e. The lowest BCUT2D eigenvalue weighted by Gasteiger charge is -2.09. The number of aromatic amines is 1. The highest BCUT2D eigenvalue weighted by Gasteiger charge is 2.09. The third kappa shape index (κ3) is 2.69. The third-order valence-electron chi connectivity index (χ3n) is 3.88. The van der Waals surface area contributed by atoms with Gasteiger partial charge in [-0.25, -0.2) is 0 Å². The molecule has 2 aromatic rings. The van der Waals surface area contributed by atoms with Crippen LogP contribution in [0.2, 0.25) is 0 Å². The molecule has 1 aromatic carbocycles. The molecule has 1 heterocycles. The molecule has 2 rings (SSSR count). The molecule has 2 nitrogen and oxygen atoms in total. The van der Waals surface area contributed by atoms with Crippen molar-refractivity contribution in [2.24, 2.45) is 5.92 Å². The molecular formula is C18H23NO. The maximum atomic E-state index is 12.5. The maximum absolute atomic E-state index is 12.5. The van der Waals surface area contributed by atoms with Crippen molar-refractivity contribution in [3.8, 4) is 0 Å². The Balaban J connectivity index is 2.62. The molecule has 0 aliphatic heterocycles. The van der Waals surface area contributed by atoms with Gasteiger partial charge in [-0.15, -0.1) is 0 Å². The van der Waals surface area contributed by atoms with E-state index in [1.165, 1.54) is 5.56 Å². The minimum Gasteiger partial charge on any atom is -0.354 e. The Hall–Kier alpha value is -1.83. The first kappa shape index (κ1) is 14.6. The fourth-order valence-electron chi connectivity index (χ4n) is 2.34. The van der Waals surface area contributed by atoms with Crippen molar-refractivity contribution in [3.05, 3.63) is 50.8 Å². The monoisotopic (exact) mass is 269 g/mol. The molecule has 0 saturated carbocycles. The Kier molecular flexibility index (Phi) is 4.12. The molecule has 0 fully saturated rings. The van der Waals surface area contributed by atoms with Crippen molar-refractivity contribution in [2.75, 3.05) is 0 Å². The molecule has 0 bridgehead atoms. The standard InChI is InChI=1S/C18H23NO/c1-11(2)7-6-8-16-14(5)18(20)15-10-9-12(3)13(4)17(15)19-16/h6,8-11H,7H2,1-5H3,(H,19,20)/b8-6-. The molecule has 0 atom stereocenters. The van der Waals surface area contributed by atoms with Crippen LogP contribution in [0.15, 0.2) is 23.0 Å². The number of aryl methyl sites for hydroxylation is 2. The number of aromatic nitrogens is 1. The highest BCUT2D eigenvalue weighted by Crippen LogP contribution is 2.19. The zero-order valence-corrected chi connectivity index (χ0v) is 13.0. The highest BCUT2D eigenvalue weighted by molar-refractivity contribution is 5.84. The number of hydrogen-bond acceptors (Lipinski definition) is 1. The Labute approximate surface area is 120 Å². The topological polar surface area (TPSA) is 32.9 Å². The van der Waals surface area contributed by atoms with Crippen LogP contribution in [0.3, 0.4) is 0 Å². The van der Waals surface area contributed by atoms with Crippen LogP contribution >= 0.6 is 0 Å². The molecule has 0 amide bonds. The molecule has 0 radical (unpaired) electrons. The van der Waals surface area contributed by atoms with Gasteiger partial charge in [-0.1, -0.05) is 26.0 Å². The second kappa shape index (κ2) is 5.66. The van der Waals surface area contributed by atoms with Crippen LogP contribution in [-0.2, 0) is 0 Å². The molecule has 0 spiro atoms. The lowest BCUT2D eigenvalue weighted by Crippen LogP contribution is -2.10. The summed E-state index contributed by atoms with van der Waals surface area (Å²) < 4.78 is 0. The van der Waals surface area contributed by atoms with Gasteiger partial charge in [0.2, 0.25) is 0 Å². The summed E-state index contributed by atoms with van der Waals surface area (Å²) in [5.74, 6) is 0.628. The van der Waals surface area contributed by atoms with Gasteiger partial charge in [-0.3, -0.25) is 4.79 Å². The van der Waals surface area contributed by atoms with Crippen LogP contribution in [0, 0.1) is 26.7 Å². The normalized spacial score (nSPS) is 11.9. The molecule has 2 heteroatoms. The fraction of sp³-hybridized carbons (Fsp3) is 0.389. The van der Waals surface area contributed by atoms with Gasteiger partial charge < -0.3 is 4.98 Å². The van der Waals surface area contributed by atoms with Crippen molar-refractivity contribution in [3.63, 3.8) is 0 Å². The quantitative estimate of drug-likeness (QED) is 0.873. The van der Waals surface area contributed by atoms with Crippen LogP contribution in [0.5, 0.6) is 0 Å². The van der Waals surface area contributed by atoms with Gasteiger partial charge in [0.1, 0.15) is 0 Å². The highest BCUT2D eigenvalue weighted by atomic mass is 16.1. The first-order valence-corrected chi connectivity index (χ1v) is 7.21. The van der Waals surface area contributed by atoms with Crippen molar-refractivity contribution in [1.29, 1.82) is 0 Å². The van der Waals surface area contributed by atoms with E-state index in [1.54, 1.807) is 0 Å². The zero-order chi connectivity index (χ0) is 14.9. The molecule has 0 aliphatic rings. The number of fused-ring (bicyclic) bond motifs is 1. The average molecular weight is 269 g/mol. The van der Waals surface area contributed by atoms with Crippen LogP contribution in [0.4, 0.5) is 0 Å². The van der Waals surface area contributed by atoms with E-state index in [9.17, 15) is 4.79 Å². The van der Waals surface area contributed by atoms with Gasteiger partial charge in [-0.05, 0) is 56.4 Å². The summed E-state index contributed by atoms with van der Waals surface area (Å²) in [6.45, 7) is 10.4.